The minimum atomic E-state index is -1.07. The fourth-order valence-corrected chi connectivity index (χ4v) is 4.97. The molecule has 8 nitrogen and oxygen atoms in total. The Labute approximate surface area is 229 Å². The summed E-state index contributed by atoms with van der Waals surface area (Å²) in [4.78, 5) is 37.4. The lowest BCUT2D eigenvalue weighted by Gasteiger charge is -2.28. The highest BCUT2D eigenvalue weighted by molar-refractivity contribution is 5.90. The van der Waals surface area contributed by atoms with E-state index in [1.807, 2.05) is 84.9 Å². The maximum Gasteiger partial charge on any atom is 0.404 e. The zero-order valence-electron chi connectivity index (χ0n) is 21.9. The summed E-state index contributed by atoms with van der Waals surface area (Å²) in [5.41, 5.74) is 4.49. The molecule has 204 valence electrons. The lowest BCUT2D eigenvalue weighted by atomic mass is 9.91. The smallest absolute Gasteiger partial charge is 0.404 e. The van der Waals surface area contributed by atoms with E-state index in [2.05, 4.69) is 21.3 Å². The number of carbonyl (C=O) groups is 3. The maximum atomic E-state index is 13.4. The number of hydrogen-bond acceptors (Lipinski definition) is 4. The van der Waals surface area contributed by atoms with Gasteiger partial charge in [-0.1, -0.05) is 84.9 Å². The number of unbranched alkanes of at least 4 members (excludes halogenated alkanes) is 1. The quantitative estimate of drug-likeness (QED) is 0.230. The summed E-state index contributed by atoms with van der Waals surface area (Å²) in [6.07, 6.45) is 1.04. The van der Waals surface area contributed by atoms with Gasteiger partial charge in [-0.05, 0) is 47.9 Å². The Kier molecular flexibility index (Phi) is 10.1. The molecule has 5 N–H and O–H groups in total. The average Bonchev–Trinajstić information content (AvgIpc) is 2.97. The third-order valence-electron chi connectivity index (χ3n) is 7.11. The van der Waals surface area contributed by atoms with Gasteiger partial charge < -0.3 is 26.4 Å². The number of rotatable bonds is 12. The SMILES string of the molecule is O=C(O)NCCCC[C@@H](NC(=O)[C@@H]1Cc2ccccc2CN1)C(=O)NCC(c1ccccc1)c1ccccc1. The van der Waals surface area contributed by atoms with Crippen molar-refractivity contribution in [2.24, 2.45) is 0 Å². The van der Waals surface area contributed by atoms with Crippen LogP contribution in [0.3, 0.4) is 0 Å². The van der Waals surface area contributed by atoms with Crippen molar-refractivity contribution in [2.45, 2.75) is 50.2 Å². The van der Waals surface area contributed by atoms with Gasteiger partial charge in [0.25, 0.3) is 0 Å². The van der Waals surface area contributed by atoms with Crippen LogP contribution in [-0.2, 0) is 22.6 Å². The molecule has 0 aromatic heterocycles. The van der Waals surface area contributed by atoms with Gasteiger partial charge in [0.15, 0.2) is 0 Å². The molecule has 8 heteroatoms. The van der Waals surface area contributed by atoms with Crippen LogP contribution in [0, 0.1) is 0 Å². The topological polar surface area (TPSA) is 120 Å². The molecule has 3 aromatic rings. The molecular weight excluding hydrogens is 492 g/mol. The third kappa shape index (κ3) is 8.15. The molecule has 0 saturated heterocycles. The first-order valence-electron chi connectivity index (χ1n) is 13.5. The summed E-state index contributed by atoms with van der Waals surface area (Å²) in [5.74, 6) is -0.498. The maximum absolute atomic E-state index is 13.4. The number of benzene rings is 3. The number of nitrogens with one attached hydrogen (secondary N) is 4. The number of amides is 3. The summed E-state index contributed by atoms with van der Waals surface area (Å²) in [5, 5.41) is 20.5. The highest BCUT2D eigenvalue weighted by Gasteiger charge is 2.28. The highest BCUT2D eigenvalue weighted by atomic mass is 16.4. The van der Waals surface area contributed by atoms with E-state index in [0.717, 1.165) is 16.7 Å². The molecule has 39 heavy (non-hydrogen) atoms. The number of fused-ring (bicyclic) bond motifs is 1. The predicted molar refractivity (Wildman–Crippen MR) is 150 cm³/mol. The molecule has 0 fully saturated rings. The van der Waals surface area contributed by atoms with Crippen LogP contribution in [0.5, 0.6) is 0 Å². The van der Waals surface area contributed by atoms with E-state index in [-0.39, 0.29) is 17.7 Å². The molecule has 2 atom stereocenters. The zero-order chi connectivity index (χ0) is 27.5. The van der Waals surface area contributed by atoms with Gasteiger partial charge in [0.05, 0.1) is 6.04 Å². The van der Waals surface area contributed by atoms with Gasteiger partial charge in [-0.2, -0.15) is 0 Å². The van der Waals surface area contributed by atoms with Crippen LogP contribution >= 0.6 is 0 Å². The second-order valence-corrected chi connectivity index (χ2v) is 9.81. The summed E-state index contributed by atoms with van der Waals surface area (Å²) in [6, 6.07) is 26.9. The van der Waals surface area contributed by atoms with Crippen molar-refractivity contribution >= 4 is 17.9 Å². The van der Waals surface area contributed by atoms with Crippen molar-refractivity contribution in [1.82, 2.24) is 21.3 Å². The van der Waals surface area contributed by atoms with E-state index in [4.69, 9.17) is 5.11 Å². The van der Waals surface area contributed by atoms with Crippen molar-refractivity contribution in [2.75, 3.05) is 13.1 Å². The van der Waals surface area contributed by atoms with Gasteiger partial charge in [0.1, 0.15) is 6.04 Å². The summed E-state index contributed by atoms with van der Waals surface area (Å²) >= 11 is 0. The van der Waals surface area contributed by atoms with E-state index < -0.39 is 18.2 Å². The van der Waals surface area contributed by atoms with Gasteiger partial charge in [0.2, 0.25) is 11.8 Å². The number of hydrogen-bond donors (Lipinski definition) is 5. The highest BCUT2D eigenvalue weighted by Crippen LogP contribution is 2.24. The Balaban J connectivity index is 1.42. The minimum Gasteiger partial charge on any atom is -0.465 e. The first-order chi connectivity index (χ1) is 19.0. The molecule has 1 heterocycles. The Hall–Kier alpha value is -4.17. The fraction of sp³-hybridized carbons (Fsp3) is 0.323. The Bertz CT molecular complexity index is 1200. The molecule has 0 saturated carbocycles. The van der Waals surface area contributed by atoms with Gasteiger partial charge in [0, 0.05) is 25.6 Å². The van der Waals surface area contributed by atoms with E-state index in [1.54, 1.807) is 0 Å². The Morgan fingerprint density at radius 3 is 2.08 bits per heavy atom. The fourth-order valence-electron chi connectivity index (χ4n) is 4.97. The molecule has 0 aliphatic carbocycles. The van der Waals surface area contributed by atoms with Crippen molar-refractivity contribution in [3.8, 4) is 0 Å². The molecule has 0 unspecified atom stereocenters. The van der Waals surface area contributed by atoms with Crippen molar-refractivity contribution < 1.29 is 19.5 Å². The predicted octanol–water partition coefficient (Wildman–Crippen LogP) is 3.57. The molecule has 3 aromatic carbocycles. The van der Waals surface area contributed by atoms with E-state index in [9.17, 15) is 14.4 Å². The molecule has 0 radical (unpaired) electrons. The van der Waals surface area contributed by atoms with Crippen LogP contribution in [0.15, 0.2) is 84.9 Å². The standard InChI is InChI=1S/C31H36N4O4/c36-29(34-21-26(22-11-3-1-4-12-22)23-13-5-2-6-14-23)27(17-9-10-18-32-31(38)39)35-30(37)28-19-24-15-7-8-16-25(24)20-33-28/h1-8,11-16,26-28,32-33H,9-10,17-21H2,(H,34,36)(H,35,37)(H,38,39)/t27-,28+/m1/s1. The number of carboxylic acid groups (broad SMARTS) is 1. The van der Waals surface area contributed by atoms with Gasteiger partial charge >= 0.3 is 6.09 Å². The van der Waals surface area contributed by atoms with Crippen molar-refractivity contribution in [1.29, 1.82) is 0 Å². The first-order valence-corrected chi connectivity index (χ1v) is 13.5. The van der Waals surface area contributed by atoms with Crippen LogP contribution < -0.4 is 21.3 Å². The Morgan fingerprint density at radius 2 is 1.44 bits per heavy atom. The molecule has 0 bridgehead atoms. The van der Waals surface area contributed by atoms with Crippen LogP contribution in [0.4, 0.5) is 4.79 Å². The van der Waals surface area contributed by atoms with Crippen molar-refractivity contribution in [3.05, 3.63) is 107 Å². The van der Waals surface area contributed by atoms with E-state index >= 15 is 0 Å². The Morgan fingerprint density at radius 1 is 0.821 bits per heavy atom. The van der Waals surface area contributed by atoms with Gasteiger partial charge in [-0.25, -0.2) is 4.79 Å². The van der Waals surface area contributed by atoms with Crippen LogP contribution in [-0.4, -0.2) is 48.2 Å². The monoisotopic (exact) mass is 528 g/mol. The molecule has 4 rings (SSSR count). The molecule has 1 aliphatic rings. The lowest BCUT2D eigenvalue weighted by Crippen LogP contribution is -2.54. The summed E-state index contributed by atoms with van der Waals surface area (Å²) < 4.78 is 0. The normalized spacial score (nSPS) is 15.2. The third-order valence-corrected chi connectivity index (χ3v) is 7.11. The summed E-state index contributed by atoms with van der Waals surface area (Å²) in [6.45, 7) is 1.28. The molecule has 0 spiro atoms. The van der Waals surface area contributed by atoms with Gasteiger partial charge in [-0.3, -0.25) is 9.59 Å². The summed E-state index contributed by atoms with van der Waals surface area (Å²) in [7, 11) is 0. The van der Waals surface area contributed by atoms with E-state index in [0.29, 0.717) is 45.3 Å². The average molecular weight is 529 g/mol. The first kappa shape index (κ1) is 27.9. The van der Waals surface area contributed by atoms with E-state index in [1.165, 1.54) is 5.56 Å². The second kappa shape index (κ2) is 14.1. The number of carbonyl (C=O) groups excluding carboxylic acids is 2. The van der Waals surface area contributed by atoms with Crippen molar-refractivity contribution in [3.63, 3.8) is 0 Å². The largest absolute Gasteiger partial charge is 0.465 e. The zero-order valence-corrected chi connectivity index (χ0v) is 21.9. The van der Waals surface area contributed by atoms with Crippen LogP contribution in [0.2, 0.25) is 0 Å². The molecule has 1 aliphatic heterocycles. The molecular formula is C31H36N4O4. The molecule has 3 amide bonds. The lowest BCUT2D eigenvalue weighted by molar-refractivity contribution is -0.130. The second-order valence-electron chi connectivity index (χ2n) is 9.81. The minimum absolute atomic E-state index is 0.0380. The van der Waals surface area contributed by atoms with Gasteiger partial charge in [-0.15, -0.1) is 0 Å². The van der Waals surface area contributed by atoms with Crippen LogP contribution in [0.25, 0.3) is 0 Å². The van der Waals surface area contributed by atoms with Crippen LogP contribution in [0.1, 0.15) is 47.4 Å².